The molecule has 6 nitrogen and oxygen atoms in total. The van der Waals surface area contributed by atoms with Gasteiger partial charge >= 0.3 is 6.18 Å². The van der Waals surface area contributed by atoms with Crippen molar-refractivity contribution in [3.63, 3.8) is 0 Å². The molecule has 0 saturated heterocycles. The number of thioether (sulfide) groups is 1. The van der Waals surface area contributed by atoms with Crippen LogP contribution in [0, 0.1) is 23.3 Å². The van der Waals surface area contributed by atoms with Crippen LogP contribution in [0.2, 0.25) is 0 Å². The lowest BCUT2D eigenvalue weighted by molar-refractivity contribution is -0.143. The van der Waals surface area contributed by atoms with Crippen molar-refractivity contribution in [1.82, 2.24) is 5.32 Å². The number of carbonyl (C=O) groups is 3. The van der Waals surface area contributed by atoms with Crippen LogP contribution in [-0.4, -0.2) is 23.0 Å². The Kier molecular flexibility index (Phi) is 10.3. The first-order valence-electron chi connectivity index (χ1n) is 12.7. The van der Waals surface area contributed by atoms with Gasteiger partial charge in [-0.2, -0.15) is 13.2 Å². The summed E-state index contributed by atoms with van der Waals surface area (Å²) in [6.07, 6.45) is -4.21. The largest absolute Gasteiger partial charge is 0.422 e. The molecule has 0 fully saturated rings. The third-order valence-corrected chi connectivity index (χ3v) is 7.88. The van der Waals surface area contributed by atoms with E-state index in [1.165, 1.54) is 48.6 Å². The molecular formula is C30H20F7N3O3S2. The van der Waals surface area contributed by atoms with E-state index in [1.807, 2.05) is 0 Å². The quantitative estimate of drug-likeness (QED) is 0.0735. The van der Waals surface area contributed by atoms with E-state index in [1.54, 1.807) is 53.2 Å². The number of halogens is 7. The van der Waals surface area contributed by atoms with Crippen LogP contribution in [0.4, 0.5) is 42.1 Å². The third-order valence-electron chi connectivity index (χ3n) is 5.95. The predicted molar refractivity (Wildman–Crippen MR) is 157 cm³/mol. The fourth-order valence-electron chi connectivity index (χ4n) is 3.75. The van der Waals surface area contributed by atoms with E-state index in [9.17, 15) is 45.1 Å². The molecule has 45 heavy (non-hydrogen) atoms. The molecule has 1 heterocycles. The molecule has 4 rings (SSSR count). The van der Waals surface area contributed by atoms with Gasteiger partial charge in [-0.3, -0.25) is 14.4 Å². The molecular weight excluding hydrogens is 647 g/mol. The van der Waals surface area contributed by atoms with Gasteiger partial charge in [0.1, 0.15) is 16.9 Å². The molecule has 1 aromatic heterocycles. The van der Waals surface area contributed by atoms with Crippen molar-refractivity contribution in [1.29, 1.82) is 0 Å². The first-order chi connectivity index (χ1) is 21.3. The average Bonchev–Trinajstić information content (AvgIpc) is 3.52. The Bertz CT molecular complexity index is 1720. The van der Waals surface area contributed by atoms with Gasteiger partial charge in [0.15, 0.2) is 23.3 Å². The van der Waals surface area contributed by atoms with E-state index in [0.717, 1.165) is 11.8 Å². The Morgan fingerprint density at radius 1 is 0.822 bits per heavy atom. The highest BCUT2D eigenvalue weighted by atomic mass is 32.2. The maximum absolute atomic E-state index is 14.2. The lowest BCUT2D eigenvalue weighted by atomic mass is 10.1. The molecule has 1 unspecified atom stereocenters. The average molecular weight is 668 g/mol. The normalized spacial score (nSPS) is 12.4. The molecule has 0 aliphatic heterocycles. The van der Waals surface area contributed by atoms with Gasteiger partial charge in [0.05, 0.1) is 5.25 Å². The monoisotopic (exact) mass is 667 g/mol. The molecule has 0 spiro atoms. The molecule has 3 N–H and O–H groups in total. The summed E-state index contributed by atoms with van der Waals surface area (Å²) in [4.78, 5) is 39.4. The van der Waals surface area contributed by atoms with Gasteiger partial charge < -0.3 is 16.0 Å². The summed E-state index contributed by atoms with van der Waals surface area (Å²) in [6.45, 7) is 1.28. The summed E-state index contributed by atoms with van der Waals surface area (Å²) in [5.41, 5.74) is -3.85. The summed E-state index contributed by atoms with van der Waals surface area (Å²) in [7, 11) is 0. The molecule has 0 aliphatic carbocycles. The van der Waals surface area contributed by atoms with Gasteiger partial charge in [-0.05, 0) is 60.8 Å². The molecule has 234 valence electrons. The topological polar surface area (TPSA) is 87.3 Å². The first kappa shape index (κ1) is 33.3. The number of amides is 3. The zero-order valence-electron chi connectivity index (χ0n) is 22.8. The van der Waals surface area contributed by atoms with Crippen LogP contribution in [0.5, 0.6) is 0 Å². The number of nitrogens with one attached hydrogen (secondary N) is 3. The Morgan fingerprint density at radius 3 is 2.00 bits per heavy atom. The Morgan fingerprint density at radius 2 is 1.44 bits per heavy atom. The van der Waals surface area contributed by atoms with Gasteiger partial charge in [0.2, 0.25) is 5.91 Å². The number of benzene rings is 3. The highest BCUT2D eigenvalue weighted by Gasteiger charge is 2.42. The van der Waals surface area contributed by atoms with Crippen LogP contribution in [0.1, 0.15) is 27.7 Å². The van der Waals surface area contributed by atoms with Crippen LogP contribution in [0.25, 0.3) is 6.08 Å². The molecule has 0 radical (unpaired) electrons. The van der Waals surface area contributed by atoms with E-state index in [0.29, 0.717) is 21.0 Å². The first-order valence-corrected chi connectivity index (χ1v) is 14.5. The standard InChI is InChI=1S/C30H20F7N3O3S2/c1-15(27(41)40-26-24(33)22(31)21(30(35,36)37)23(32)25(26)34)45-18-11-9-17(10-12-18)38-29(43)20(14-19-8-5-13-44-19)39-28(42)16-6-3-2-4-7-16/h2-15H,1H3,(H,38,43)(H,39,42)(H,40,41)/b20-14-. The van der Waals surface area contributed by atoms with Crippen molar-refractivity contribution in [2.24, 2.45) is 0 Å². The number of rotatable bonds is 9. The minimum absolute atomic E-state index is 0.0364. The van der Waals surface area contributed by atoms with Crippen molar-refractivity contribution < 1.29 is 45.1 Å². The van der Waals surface area contributed by atoms with E-state index >= 15 is 0 Å². The zero-order valence-corrected chi connectivity index (χ0v) is 24.4. The molecule has 3 aromatic carbocycles. The lowest BCUT2D eigenvalue weighted by Gasteiger charge is -2.16. The van der Waals surface area contributed by atoms with Crippen molar-refractivity contribution in [3.8, 4) is 0 Å². The van der Waals surface area contributed by atoms with Crippen LogP contribution in [-0.2, 0) is 15.8 Å². The van der Waals surface area contributed by atoms with E-state index in [4.69, 9.17) is 0 Å². The second-order valence-corrected chi connectivity index (χ2v) is 11.5. The summed E-state index contributed by atoms with van der Waals surface area (Å²) in [5, 5.41) is 7.49. The van der Waals surface area contributed by atoms with Gasteiger partial charge in [-0.15, -0.1) is 23.1 Å². The third kappa shape index (κ3) is 8.10. The number of thiophene rings is 1. The van der Waals surface area contributed by atoms with E-state index in [-0.39, 0.29) is 5.70 Å². The van der Waals surface area contributed by atoms with E-state index < -0.39 is 63.7 Å². The minimum Gasteiger partial charge on any atom is -0.321 e. The van der Waals surface area contributed by atoms with Gasteiger partial charge in [-0.25, -0.2) is 17.6 Å². The zero-order chi connectivity index (χ0) is 32.9. The van der Waals surface area contributed by atoms with Gasteiger partial charge in [-0.1, -0.05) is 24.3 Å². The Hall–Kier alpha value is -4.63. The molecule has 4 aromatic rings. The molecule has 0 saturated carbocycles. The minimum atomic E-state index is -5.72. The van der Waals surface area contributed by atoms with Crippen LogP contribution < -0.4 is 16.0 Å². The van der Waals surface area contributed by atoms with Crippen molar-refractivity contribution in [2.75, 3.05) is 10.6 Å². The molecule has 0 aliphatic rings. The number of carbonyl (C=O) groups excluding carboxylic acids is 3. The van der Waals surface area contributed by atoms with Crippen molar-refractivity contribution in [2.45, 2.75) is 23.2 Å². The highest BCUT2D eigenvalue weighted by molar-refractivity contribution is 8.00. The second kappa shape index (κ2) is 14.0. The molecule has 1 atom stereocenters. The maximum atomic E-state index is 14.2. The summed E-state index contributed by atoms with van der Waals surface area (Å²) < 4.78 is 94.6. The predicted octanol–water partition coefficient (Wildman–Crippen LogP) is 7.85. The lowest BCUT2D eigenvalue weighted by Crippen LogP contribution is -2.30. The van der Waals surface area contributed by atoms with E-state index in [2.05, 4.69) is 10.6 Å². The molecule has 15 heteroatoms. The summed E-state index contributed by atoms with van der Waals surface area (Å²) in [5.74, 6) is -12.5. The van der Waals surface area contributed by atoms with Gasteiger partial charge in [0.25, 0.3) is 11.8 Å². The fourth-order valence-corrected chi connectivity index (χ4v) is 5.27. The van der Waals surface area contributed by atoms with Gasteiger partial charge in [0, 0.05) is 21.0 Å². The SMILES string of the molecule is CC(Sc1ccc(NC(=O)/C(=C/c2cccs2)NC(=O)c2ccccc2)cc1)C(=O)Nc1c(F)c(F)c(C(F)(F)F)c(F)c1F. The summed E-state index contributed by atoms with van der Waals surface area (Å²) >= 11 is 2.18. The fraction of sp³-hybridized carbons (Fsp3) is 0.100. The number of hydrogen-bond donors (Lipinski definition) is 3. The molecule has 0 bridgehead atoms. The second-order valence-electron chi connectivity index (χ2n) is 9.13. The number of anilines is 2. The van der Waals surface area contributed by atoms with Crippen molar-refractivity contribution >= 4 is 58.3 Å². The Balaban J connectivity index is 1.43. The van der Waals surface area contributed by atoms with Crippen LogP contribution >= 0.6 is 23.1 Å². The smallest absolute Gasteiger partial charge is 0.321 e. The van der Waals surface area contributed by atoms with Crippen molar-refractivity contribution in [3.05, 3.63) is 117 Å². The number of hydrogen-bond acceptors (Lipinski definition) is 5. The maximum Gasteiger partial charge on any atom is 0.422 e. The highest BCUT2D eigenvalue weighted by Crippen LogP contribution is 2.38. The summed E-state index contributed by atoms with van der Waals surface area (Å²) in [6, 6.07) is 17.7. The van der Waals surface area contributed by atoms with Crippen LogP contribution in [0.3, 0.4) is 0 Å². The Labute approximate surface area is 259 Å². The van der Waals surface area contributed by atoms with Crippen LogP contribution in [0.15, 0.2) is 82.7 Å². The molecule has 3 amide bonds. The number of alkyl halides is 3.